The largest absolute Gasteiger partial charge is 0.481 e. The average molecular weight is 497 g/mol. The monoisotopic (exact) mass is 496 g/mol. The minimum Gasteiger partial charge on any atom is -0.481 e. The number of carbonyl (C=O) groups is 2. The van der Waals surface area contributed by atoms with Gasteiger partial charge in [-0.1, -0.05) is 129 Å². The quantitative estimate of drug-likeness (QED) is 0.0864. The molecular formula is C31H60O4. The Balaban J connectivity index is 3.62. The van der Waals surface area contributed by atoms with Crippen LogP contribution in [0.2, 0.25) is 0 Å². The fourth-order valence-corrected chi connectivity index (χ4v) is 4.77. The maximum absolute atomic E-state index is 12.3. The minimum absolute atomic E-state index is 0.0138. The first-order chi connectivity index (χ1) is 17.1. The van der Waals surface area contributed by atoms with Crippen molar-refractivity contribution in [3.63, 3.8) is 0 Å². The van der Waals surface area contributed by atoms with Gasteiger partial charge in [0.1, 0.15) is 6.10 Å². The number of hydrogen-bond donors (Lipinski definition) is 1. The number of carboxylic acid groups (broad SMARTS) is 1. The molecule has 0 rings (SSSR count). The zero-order valence-electron chi connectivity index (χ0n) is 23.6. The lowest BCUT2D eigenvalue weighted by molar-refractivity contribution is -0.150. The van der Waals surface area contributed by atoms with Gasteiger partial charge in [0.15, 0.2) is 0 Å². The van der Waals surface area contributed by atoms with E-state index in [4.69, 9.17) is 9.84 Å². The maximum Gasteiger partial charge on any atom is 0.306 e. The molecule has 0 aromatic carbocycles. The van der Waals surface area contributed by atoms with Crippen LogP contribution >= 0.6 is 0 Å². The van der Waals surface area contributed by atoms with Gasteiger partial charge < -0.3 is 9.84 Å². The van der Waals surface area contributed by atoms with Crippen molar-refractivity contribution in [2.45, 2.75) is 187 Å². The van der Waals surface area contributed by atoms with Crippen molar-refractivity contribution in [1.29, 1.82) is 0 Å². The molecule has 0 saturated heterocycles. The summed E-state index contributed by atoms with van der Waals surface area (Å²) < 4.78 is 5.79. The molecule has 0 aromatic heterocycles. The van der Waals surface area contributed by atoms with Crippen LogP contribution in [0.15, 0.2) is 0 Å². The van der Waals surface area contributed by atoms with Crippen molar-refractivity contribution in [1.82, 2.24) is 0 Å². The Hall–Kier alpha value is -1.06. The van der Waals surface area contributed by atoms with Crippen molar-refractivity contribution in [2.24, 2.45) is 0 Å². The number of unbranched alkanes of at least 4 members (excludes halogenated alkanes) is 19. The van der Waals surface area contributed by atoms with Crippen LogP contribution in [0.3, 0.4) is 0 Å². The second-order valence-corrected chi connectivity index (χ2v) is 10.7. The summed E-state index contributed by atoms with van der Waals surface area (Å²) in [6.07, 6.45) is 30.0. The minimum atomic E-state index is -0.727. The molecule has 4 heteroatoms. The fraction of sp³-hybridized carbons (Fsp3) is 0.935. The molecule has 0 aliphatic carbocycles. The summed E-state index contributed by atoms with van der Waals surface area (Å²) in [5.74, 6) is -0.767. The highest BCUT2D eigenvalue weighted by molar-refractivity contribution is 5.69. The number of carboxylic acids is 1. The van der Waals surface area contributed by atoms with E-state index in [1.54, 1.807) is 0 Å². The highest BCUT2D eigenvalue weighted by atomic mass is 16.5. The SMILES string of the molecule is CCCCCCCCCCCCCCCCCCC(=O)OC(CCCCC)CCCCCC(=O)O. The van der Waals surface area contributed by atoms with Gasteiger partial charge in [-0.2, -0.15) is 0 Å². The Morgan fingerprint density at radius 1 is 0.514 bits per heavy atom. The molecule has 0 fully saturated rings. The summed E-state index contributed by atoms with van der Waals surface area (Å²) in [6, 6.07) is 0. The van der Waals surface area contributed by atoms with Crippen molar-refractivity contribution in [3.8, 4) is 0 Å². The first-order valence-electron chi connectivity index (χ1n) is 15.5. The second kappa shape index (κ2) is 27.5. The number of rotatable bonds is 28. The molecule has 0 amide bonds. The van der Waals surface area contributed by atoms with Gasteiger partial charge in [-0.05, 0) is 38.5 Å². The summed E-state index contributed by atoms with van der Waals surface area (Å²) >= 11 is 0. The lowest BCUT2D eigenvalue weighted by Gasteiger charge is -2.18. The molecule has 4 nitrogen and oxygen atoms in total. The van der Waals surface area contributed by atoms with E-state index in [0.29, 0.717) is 12.8 Å². The van der Waals surface area contributed by atoms with Gasteiger partial charge in [-0.25, -0.2) is 0 Å². The van der Waals surface area contributed by atoms with E-state index in [1.807, 2.05) is 0 Å². The highest BCUT2D eigenvalue weighted by Gasteiger charge is 2.14. The molecule has 0 bridgehead atoms. The van der Waals surface area contributed by atoms with Gasteiger partial charge in [-0.3, -0.25) is 9.59 Å². The molecule has 0 radical (unpaired) electrons. The molecule has 0 spiro atoms. The fourth-order valence-electron chi connectivity index (χ4n) is 4.77. The highest BCUT2D eigenvalue weighted by Crippen LogP contribution is 2.17. The number of aliphatic carboxylic acids is 1. The van der Waals surface area contributed by atoms with Gasteiger partial charge >= 0.3 is 11.9 Å². The van der Waals surface area contributed by atoms with Crippen LogP contribution in [-0.4, -0.2) is 23.1 Å². The smallest absolute Gasteiger partial charge is 0.306 e. The molecule has 0 aromatic rings. The summed E-state index contributed by atoms with van der Waals surface area (Å²) in [7, 11) is 0. The van der Waals surface area contributed by atoms with Crippen LogP contribution in [0.5, 0.6) is 0 Å². The zero-order chi connectivity index (χ0) is 25.8. The van der Waals surface area contributed by atoms with E-state index >= 15 is 0 Å². The number of esters is 1. The molecule has 0 aliphatic heterocycles. The maximum atomic E-state index is 12.3. The Labute approximate surface area is 218 Å². The van der Waals surface area contributed by atoms with Gasteiger partial charge in [0.05, 0.1) is 0 Å². The third-order valence-electron chi connectivity index (χ3n) is 7.08. The van der Waals surface area contributed by atoms with E-state index in [-0.39, 0.29) is 18.5 Å². The second-order valence-electron chi connectivity index (χ2n) is 10.7. The van der Waals surface area contributed by atoms with Gasteiger partial charge in [0.25, 0.3) is 0 Å². The van der Waals surface area contributed by atoms with Crippen LogP contribution in [0.4, 0.5) is 0 Å². The molecule has 35 heavy (non-hydrogen) atoms. The number of hydrogen-bond acceptors (Lipinski definition) is 3. The molecular weight excluding hydrogens is 436 g/mol. The first-order valence-corrected chi connectivity index (χ1v) is 15.5. The third-order valence-corrected chi connectivity index (χ3v) is 7.08. The molecule has 0 saturated carbocycles. The first kappa shape index (κ1) is 33.9. The Morgan fingerprint density at radius 3 is 1.31 bits per heavy atom. The van der Waals surface area contributed by atoms with Crippen LogP contribution < -0.4 is 0 Å². The van der Waals surface area contributed by atoms with E-state index in [0.717, 1.165) is 44.9 Å². The normalized spacial score (nSPS) is 12.1. The third kappa shape index (κ3) is 27.4. The van der Waals surface area contributed by atoms with Gasteiger partial charge in [0, 0.05) is 12.8 Å². The lowest BCUT2D eigenvalue weighted by atomic mass is 10.0. The Morgan fingerprint density at radius 2 is 0.857 bits per heavy atom. The average Bonchev–Trinajstić information content (AvgIpc) is 2.83. The number of carbonyl (C=O) groups excluding carboxylic acids is 1. The summed E-state index contributed by atoms with van der Waals surface area (Å²) in [4.78, 5) is 22.9. The van der Waals surface area contributed by atoms with E-state index in [9.17, 15) is 9.59 Å². The van der Waals surface area contributed by atoms with Crippen LogP contribution in [0, 0.1) is 0 Å². The Bertz CT molecular complexity index is 463. The van der Waals surface area contributed by atoms with Crippen LogP contribution in [-0.2, 0) is 14.3 Å². The predicted octanol–water partition coefficient (Wildman–Crippen LogP) is 10.2. The van der Waals surface area contributed by atoms with Crippen molar-refractivity contribution < 1.29 is 19.4 Å². The topological polar surface area (TPSA) is 63.6 Å². The predicted molar refractivity (Wildman–Crippen MR) is 149 cm³/mol. The standard InChI is InChI=1S/C31H60O4/c1-3-5-7-8-9-10-11-12-13-14-15-16-17-18-19-24-28-31(34)35-29(25-21-6-4-2)26-22-20-23-27-30(32)33/h29H,3-28H2,1-2H3,(H,32,33). The molecule has 1 N–H and O–H groups in total. The van der Waals surface area contributed by atoms with Crippen molar-refractivity contribution in [2.75, 3.05) is 0 Å². The van der Waals surface area contributed by atoms with Gasteiger partial charge in [0.2, 0.25) is 0 Å². The van der Waals surface area contributed by atoms with Crippen LogP contribution in [0.1, 0.15) is 181 Å². The van der Waals surface area contributed by atoms with Crippen molar-refractivity contribution >= 4 is 11.9 Å². The van der Waals surface area contributed by atoms with Crippen LogP contribution in [0.25, 0.3) is 0 Å². The molecule has 208 valence electrons. The molecule has 0 heterocycles. The van der Waals surface area contributed by atoms with E-state index in [2.05, 4.69) is 13.8 Å². The lowest BCUT2D eigenvalue weighted by Crippen LogP contribution is -2.18. The zero-order valence-corrected chi connectivity index (χ0v) is 23.6. The van der Waals surface area contributed by atoms with Gasteiger partial charge in [-0.15, -0.1) is 0 Å². The Kier molecular flexibility index (Phi) is 26.7. The summed E-state index contributed by atoms with van der Waals surface area (Å²) in [6.45, 7) is 4.46. The van der Waals surface area contributed by atoms with Crippen molar-refractivity contribution in [3.05, 3.63) is 0 Å². The summed E-state index contributed by atoms with van der Waals surface area (Å²) in [5.41, 5.74) is 0. The van der Waals surface area contributed by atoms with E-state index < -0.39 is 5.97 Å². The molecule has 0 aliphatic rings. The van der Waals surface area contributed by atoms with E-state index in [1.165, 1.54) is 103 Å². The molecule has 1 atom stereocenters. The number of ether oxygens (including phenoxy) is 1. The summed E-state index contributed by atoms with van der Waals surface area (Å²) in [5, 5.41) is 8.75. The molecule has 1 unspecified atom stereocenters.